The first kappa shape index (κ1) is 13.9. The summed E-state index contributed by atoms with van der Waals surface area (Å²) in [7, 11) is 0. The summed E-state index contributed by atoms with van der Waals surface area (Å²) < 4.78 is 0. The molecule has 0 saturated carbocycles. The molecule has 4 heteroatoms. The lowest BCUT2D eigenvalue weighted by Crippen LogP contribution is -2.35. The number of anilines is 1. The Bertz CT molecular complexity index is 899. The lowest BCUT2D eigenvalue weighted by molar-refractivity contribution is 0.0986. The number of fused-ring (bicyclic) bond motifs is 2. The quantitative estimate of drug-likeness (QED) is 0.691. The second-order valence-corrected chi connectivity index (χ2v) is 5.95. The summed E-state index contributed by atoms with van der Waals surface area (Å²) in [5.74, 6) is -0.0217. The number of nitrogens with zero attached hydrogens (tertiary/aromatic N) is 3. The number of carbonyl (C=O) groups is 1. The molecule has 1 aliphatic rings. The average Bonchev–Trinajstić information content (AvgIpc) is 2.60. The molecule has 3 aromatic rings. The lowest BCUT2D eigenvalue weighted by atomic mass is 9.98. The normalized spacial score (nSPS) is 13.9. The summed E-state index contributed by atoms with van der Waals surface area (Å²) >= 11 is 0. The maximum absolute atomic E-state index is 13.1. The van der Waals surface area contributed by atoms with Crippen LogP contribution in [0.15, 0.2) is 48.9 Å². The van der Waals surface area contributed by atoms with Crippen LogP contribution in [0.2, 0.25) is 0 Å². The molecule has 1 amide bonds. The van der Waals surface area contributed by atoms with E-state index in [2.05, 4.69) is 29.0 Å². The van der Waals surface area contributed by atoms with E-state index >= 15 is 0 Å². The highest BCUT2D eigenvalue weighted by Gasteiger charge is 2.25. The van der Waals surface area contributed by atoms with Gasteiger partial charge in [0.05, 0.1) is 11.1 Å². The van der Waals surface area contributed by atoms with Crippen LogP contribution in [-0.4, -0.2) is 22.4 Å². The topological polar surface area (TPSA) is 46.1 Å². The third kappa shape index (κ3) is 2.36. The zero-order valence-corrected chi connectivity index (χ0v) is 13.0. The monoisotopic (exact) mass is 303 g/mol. The molecule has 0 spiro atoms. The van der Waals surface area contributed by atoms with Crippen molar-refractivity contribution < 1.29 is 4.79 Å². The van der Waals surface area contributed by atoms with Gasteiger partial charge >= 0.3 is 0 Å². The summed E-state index contributed by atoms with van der Waals surface area (Å²) in [6, 6.07) is 10.1. The van der Waals surface area contributed by atoms with Crippen molar-refractivity contribution in [1.82, 2.24) is 9.97 Å². The van der Waals surface area contributed by atoms with Crippen molar-refractivity contribution >= 4 is 22.5 Å². The zero-order valence-electron chi connectivity index (χ0n) is 13.0. The predicted octanol–water partition coefficient (Wildman–Crippen LogP) is 3.53. The van der Waals surface area contributed by atoms with Gasteiger partial charge in [-0.2, -0.15) is 0 Å². The maximum Gasteiger partial charge on any atom is 0.262 e. The van der Waals surface area contributed by atoms with E-state index in [4.69, 9.17) is 0 Å². The molecule has 1 aliphatic heterocycles. The lowest BCUT2D eigenvalue weighted by Gasteiger charge is -2.30. The van der Waals surface area contributed by atoms with Crippen molar-refractivity contribution in [3.63, 3.8) is 0 Å². The van der Waals surface area contributed by atoms with Crippen LogP contribution < -0.4 is 4.90 Å². The smallest absolute Gasteiger partial charge is 0.262 e. The number of hydrogen-bond acceptors (Lipinski definition) is 3. The van der Waals surface area contributed by atoms with Crippen molar-refractivity contribution in [3.8, 4) is 0 Å². The molecule has 0 N–H and O–H groups in total. The molecule has 0 saturated heterocycles. The number of amides is 1. The molecule has 4 rings (SSSR count). The van der Waals surface area contributed by atoms with E-state index in [0.717, 1.165) is 30.5 Å². The summed E-state index contributed by atoms with van der Waals surface area (Å²) in [6.07, 6.45) is 7.08. The molecule has 0 aliphatic carbocycles. The summed E-state index contributed by atoms with van der Waals surface area (Å²) in [6.45, 7) is 2.82. The van der Waals surface area contributed by atoms with E-state index in [1.54, 1.807) is 18.6 Å². The first-order valence-corrected chi connectivity index (χ1v) is 7.84. The number of pyridine rings is 2. The van der Waals surface area contributed by atoms with Crippen molar-refractivity contribution in [2.24, 2.45) is 0 Å². The highest BCUT2D eigenvalue weighted by atomic mass is 16.2. The van der Waals surface area contributed by atoms with Gasteiger partial charge < -0.3 is 4.90 Å². The molecule has 0 fully saturated rings. The molecule has 0 atom stereocenters. The van der Waals surface area contributed by atoms with Crippen molar-refractivity contribution in [2.75, 3.05) is 11.4 Å². The van der Waals surface area contributed by atoms with Crippen molar-refractivity contribution in [1.29, 1.82) is 0 Å². The molecule has 114 valence electrons. The third-order valence-electron chi connectivity index (χ3n) is 4.34. The Labute approximate surface area is 134 Å². The van der Waals surface area contributed by atoms with Crippen LogP contribution >= 0.6 is 0 Å². The Morgan fingerprint density at radius 2 is 2.13 bits per heavy atom. The van der Waals surface area contributed by atoms with E-state index in [0.29, 0.717) is 11.1 Å². The van der Waals surface area contributed by atoms with E-state index in [1.807, 2.05) is 23.1 Å². The minimum Gasteiger partial charge on any atom is -0.308 e. The number of aromatic nitrogens is 2. The van der Waals surface area contributed by atoms with Gasteiger partial charge in [-0.3, -0.25) is 14.8 Å². The molecular weight excluding hydrogens is 286 g/mol. The van der Waals surface area contributed by atoms with Crippen molar-refractivity contribution in [2.45, 2.75) is 19.8 Å². The van der Waals surface area contributed by atoms with Crippen molar-refractivity contribution in [3.05, 3.63) is 65.6 Å². The van der Waals surface area contributed by atoms with Gasteiger partial charge in [0, 0.05) is 36.2 Å². The van der Waals surface area contributed by atoms with Gasteiger partial charge in [-0.05, 0) is 43.5 Å². The van der Waals surface area contributed by atoms with Gasteiger partial charge in [0.1, 0.15) is 0 Å². The Morgan fingerprint density at radius 1 is 1.22 bits per heavy atom. The first-order valence-electron chi connectivity index (χ1n) is 7.84. The molecule has 0 bridgehead atoms. The Hall–Kier alpha value is -2.75. The molecule has 0 unspecified atom stereocenters. The van der Waals surface area contributed by atoms with Crippen LogP contribution in [0.5, 0.6) is 0 Å². The van der Waals surface area contributed by atoms with E-state index in [-0.39, 0.29) is 5.91 Å². The molecule has 1 aromatic carbocycles. The molecular formula is C19H17N3O. The number of hydrogen-bond donors (Lipinski definition) is 0. The van der Waals surface area contributed by atoms with Gasteiger partial charge in [-0.15, -0.1) is 0 Å². The number of carbonyl (C=O) groups excluding carboxylic acids is 1. The summed E-state index contributed by atoms with van der Waals surface area (Å²) in [5, 5.41) is 0.888. The summed E-state index contributed by atoms with van der Waals surface area (Å²) in [5.41, 5.74) is 4.76. The number of benzene rings is 1. The van der Waals surface area contributed by atoms with Gasteiger partial charge in [-0.1, -0.05) is 17.7 Å². The molecule has 0 radical (unpaired) electrons. The van der Waals surface area contributed by atoms with Crippen LogP contribution in [-0.2, 0) is 6.42 Å². The zero-order chi connectivity index (χ0) is 15.8. The third-order valence-corrected chi connectivity index (χ3v) is 4.34. The number of rotatable bonds is 1. The van der Waals surface area contributed by atoms with Crippen LogP contribution in [0.1, 0.15) is 27.9 Å². The fraction of sp³-hybridized carbons (Fsp3) is 0.211. The predicted molar refractivity (Wildman–Crippen MR) is 90.7 cm³/mol. The molecule has 4 nitrogen and oxygen atoms in total. The van der Waals surface area contributed by atoms with Crippen LogP contribution in [0.25, 0.3) is 10.9 Å². The van der Waals surface area contributed by atoms with E-state index < -0.39 is 0 Å². The summed E-state index contributed by atoms with van der Waals surface area (Å²) in [4.78, 5) is 23.6. The fourth-order valence-electron chi connectivity index (χ4n) is 3.24. The minimum absolute atomic E-state index is 0.0217. The Kier molecular flexibility index (Phi) is 3.30. The van der Waals surface area contributed by atoms with Crippen LogP contribution in [0.3, 0.4) is 0 Å². The van der Waals surface area contributed by atoms with Gasteiger partial charge in [-0.25, -0.2) is 0 Å². The maximum atomic E-state index is 13.1. The highest BCUT2D eigenvalue weighted by Crippen LogP contribution is 2.30. The molecule has 23 heavy (non-hydrogen) atoms. The average molecular weight is 303 g/mol. The van der Waals surface area contributed by atoms with Gasteiger partial charge in [0.25, 0.3) is 5.91 Å². The standard InChI is InChI=1S/C19H17N3O/c1-13-6-7-17-14(10-13)5-3-9-22(17)19(23)16-12-20-11-15-4-2-8-21-18(15)16/h2,4,6-8,10-12H,3,5,9H2,1H3. The molecule has 2 aromatic heterocycles. The van der Waals surface area contributed by atoms with Gasteiger partial charge in [0.15, 0.2) is 0 Å². The molecule has 3 heterocycles. The Balaban J connectivity index is 1.81. The first-order chi connectivity index (χ1) is 11.2. The van der Waals surface area contributed by atoms with Gasteiger partial charge in [0.2, 0.25) is 0 Å². The largest absolute Gasteiger partial charge is 0.308 e. The minimum atomic E-state index is -0.0217. The van der Waals surface area contributed by atoms with E-state index in [1.165, 1.54) is 11.1 Å². The Morgan fingerprint density at radius 3 is 3.04 bits per heavy atom. The second kappa shape index (κ2) is 5.47. The second-order valence-electron chi connectivity index (χ2n) is 5.95. The van der Waals surface area contributed by atoms with Crippen LogP contribution in [0.4, 0.5) is 5.69 Å². The van der Waals surface area contributed by atoms with Crippen LogP contribution in [0, 0.1) is 6.92 Å². The number of aryl methyl sites for hydroxylation is 2. The highest BCUT2D eigenvalue weighted by molar-refractivity contribution is 6.13. The fourth-order valence-corrected chi connectivity index (χ4v) is 3.24. The SMILES string of the molecule is Cc1ccc2c(c1)CCCN2C(=O)c1cncc2cccnc12. The van der Waals surface area contributed by atoms with E-state index in [9.17, 15) is 4.79 Å².